The van der Waals surface area contributed by atoms with Crippen molar-refractivity contribution in [1.29, 1.82) is 0 Å². The van der Waals surface area contributed by atoms with Crippen LogP contribution in [0.4, 0.5) is 5.69 Å². The number of anilines is 1. The summed E-state index contributed by atoms with van der Waals surface area (Å²) in [5.41, 5.74) is 3.12. The van der Waals surface area contributed by atoms with Gasteiger partial charge in [0.2, 0.25) is 0 Å². The van der Waals surface area contributed by atoms with E-state index < -0.39 is 5.97 Å². The first-order chi connectivity index (χ1) is 5.24. The van der Waals surface area contributed by atoms with Gasteiger partial charge in [-0.1, -0.05) is 0 Å². The van der Waals surface area contributed by atoms with Crippen molar-refractivity contribution in [2.24, 2.45) is 5.84 Å². The summed E-state index contributed by atoms with van der Waals surface area (Å²) in [7, 11) is 0. The summed E-state index contributed by atoms with van der Waals surface area (Å²) in [5, 5.41) is 10.2. The van der Waals surface area contributed by atoms with Crippen molar-refractivity contribution in [1.82, 2.24) is 0 Å². The summed E-state index contributed by atoms with van der Waals surface area (Å²) in [4.78, 5) is 11.0. The number of hydrazine groups is 1. The van der Waals surface area contributed by atoms with E-state index >= 15 is 0 Å². The fraction of sp³-hybridized carbons (Fsp3) is 0.167. The zero-order chi connectivity index (χ0) is 8.27. The van der Waals surface area contributed by atoms with Crippen LogP contribution in [0.2, 0.25) is 0 Å². The molecule has 4 N–H and O–H groups in total. The predicted molar refractivity (Wildman–Crippen MR) is 43.5 cm³/mol. The minimum Gasteiger partial charge on any atom is -0.481 e. The first-order valence-corrected chi connectivity index (χ1v) is 3.87. The summed E-state index contributed by atoms with van der Waals surface area (Å²) in [6.07, 6.45) is 0.0250. The zero-order valence-electron chi connectivity index (χ0n) is 5.70. The molecule has 0 aromatic carbocycles. The number of nitrogens with one attached hydrogen (secondary N) is 1. The standard InChI is InChI=1S/C6H8N2O2S/c7-8-4-1-2-11-5(4)3-6(9)10/h1-2,8H,3,7H2,(H,9,10). The second-order valence-corrected chi connectivity index (χ2v) is 2.97. The van der Waals surface area contributed by atoms with Gasteiger partial charge in [0.1, 0.15) is 0 Å². The van der Waals surface area contributed by atoms with E-state index in [0.717, 1.165) is 4.88 Å². The topological polar surface area (TPSA) is 75.3 Å². The number of nitrogen functional groups attached to an aromatic ring is 1. The molecule has 0 aliphatic carbocycles. The molecule has 0 radical (unpaired) electrons. The minimum absolute atomic E-state index is 0.0250. The van der Waals surface area contributed by atoms with Gasteiger partial charge in [0.25, 0.3) is 0 Å². The largest absolute Gasteiger partial charge is 0.481 e. The molecule has 0 amide bonds. The molecule has 5 heteroatoms. The van der Waals surface area contributed by atoms with E-state index in [1.165, 1.54) is 11.3 Å². The Hall–Kier alpha value is -1.07. The second kappa shape index (κ2) is 3.36. The van der Waals surface area contributed by atoms with Crippen LogP contribution in [0.3, 0.4) is 0 Å². The number of hydrogen-bond donors (Lipinski definition) is 3. The number of carboxylic acids is 1. The Kier molecular flexibility index (Phi) is 2.45. The van der Waals surface area contributed by atoms with Crippen molar-refractivity contribution >= 4 is 23.0 Å². The van der Waals surface area contributed by atoms with Crippen molar-refractivity contribution in [2.45, 2.75) is 6.42 Å². The van der Waals surface area contributed by atoms with Crippen LogP contribution in [0.25, 0.3) is 0 Å². The van der Waals surface area contributed by atoms with Crippen LogP contribution in [0.5, 0.6) is 0 Å². The SMILES string of the molecule is NNc1ccsc1CC(=O)O. The summed E-state index contributed by atoms with van der Waals surface area (Å²) in [6, 6.07) is 1.75. The number of thiophene rings is 1. The van der Waals surface area contributed by atoms with Gasteiger partial charge in [-0.25, -0.2) is 0 Å². The molecule has 1 rings (SSSR count). The lowest BCUT2D eigenvalue weighted by atomic mass is 10.3. The Labute approximate surface area is 67.6 Å². The van der Waals surface area contributed by atoms with Crippen molar-refractivity contribution in [2.75, 3.05) is 5.43 Å². The van der Waals surface area contributed by atoms with Gasteiger partial charge in [0.15, 0.2) is 0 Å². The van der Waals surface area contributed by atoms with Crippen LogP contribution in [0.1, 0.15) is 4.88 Å². The smallest absolute Gasteiger partial charge is 0.308 e. The third-order valence-electron chi connectivity index (χ3n) is 1.21. The van der Waals surface area contributed by atoms with Crippen LogP contribution in [-0.2, 0) is 11.2 Å². The Balaban J connectivity index is 2.76. The highest BCUT2D eigenvalue weighted by atomic mass is 32.1. The van der Waals surface area contributed by atoms with E-state index in [0.29, 0.717) is 5.69 Å². The minimum atomic E-state index is -0.844. The molecule has 4 nitrogen and oxygen atoms in total. The first kappa shape index (κ1) is 8.03. The van der Waals surface area contributed by atoms with Crippen LogP contribution in [-0.4, -0.2) is 11.1 Å². The number of carboxylic acid groups (broad SMARTS) is 1. The number of carbonyl (C=O) groups is 1. The van der Waals surface area contributed by atoms with Crippen molar-refractivity contribution < 1.29 is 9.90 Å². The summed E-state index contributed by atoms with van der Waals surface area (Å²) in [5.74, 6) is 4.29. The van der Waals surface area contributed by atoms with Gasteiger partial charge in [-0.2, -0.15) is 0 Å². The Morgan fingerprint density at radius 2 is 2.55 bits per heavy atom. The Morgan fingerprint density at radius 3 is 3.09 bits per heavy atom. The molecule has 1 aromatic rings. The summed E-state index contributed by atoms with van der Waals surface area (Å²) in [6.45, 7) is 0. The molecule has 0 atom stereocenters. The average Bonchev–Trinajstić information content (AvgIpc) is 2.34. The highest BCUT2D eigenvalue weighted by Gasteiger charge is 2.06. The van der Waals surface area contributed by atoms with Crippen molar-refractivity contribution in [3.8, 4) is 0 Å². The van der Waals surface area contributed by atoms with E-state index in [2.05, 4.69) is 5.43 Å². The number of rotatable bonds is 3. The van der Waals surface area contributed by atoms with Crippen molar-refractivity contribution in [3.05, 3.63) is 16.3 Å². The van der Waals surface area contributed by atoms with Gasteiger partial charge in [-0.15, -0.1) is 11.3 Å². The second-order valence-electron chi connectivity index (χ2n) is 1.97. The van der Waals surface area contributed by atoms with Gasteiger partial charge in [0, 0.05) is 4.88 Å². The lowest BCUT2D eigenvalue weighted by molar-refractivity contribution is -0.136. The molecule has 0 fully saturated rings. The molecule has 0 aliphatic heterocycles. The Bertz CT molecular complexity index is 259. The molecule has 1 heterocycles. The van der Waals surface area contributed by atoms with E-state index in [9.17, 15) is 4.79 Å². The van der Waals surface area contributed by atoms with E-state index in [1.54, 1.807) is 11.4 Å². The van der Waals surface area contributed by atoms with Crippen molar-refractivity contribution in [3.63, 3.8) is 0 Å². The lowest BCUT2D eigenvalue weighted by Crippen LogP contribution is -2.09. The molecule has 0 spiro atoms. The monoisotopic (exact) mass is 172 g/mol. The molecule has 0 aliphatic rings. The first-order valence-electron chi connectivity index (χ1n) is 2.99. The van der Waals surface area contributed by atoms with Crippen LogP contribution in [0, 0.1) is 0 Å². The maximum atomic E-state index is 10.3. The average molecular weight is 172 g/mol. The molecular weight excluding hydrogens is 164 g/mol. The van der Waals surface area contributed by atoms with Crippen LogP contribution in [0.15, 0.2) is 11.4 Å². The normalized spacial score (nSPS) is 9.55. The third-order valence-corrected chi connectivity index (χ3v) is 2.13. The van der Waals surface area contributed by atoms with E-state index in [4.69, 9.17) is 10.9 Å². The van der Waals surface area contributed by atoms with Crippen LogP contribution < -0.4 is 11.3 Å². The van der Waals surface area contributed by atoms with E-state index in [1.807, 2.05) is 0 Å². The Morgan fingerprint density at radius 1 is 1.82 bits per heavy atom. The third kappa shape index (κ3) is 1.92. The maximum absolute atomic E-state index is 10.3. The van der Waals surface area contributed by atoms with Gasteiger partial charge in [0.05, 0.1) is 12.1 Å². The molecule has 1 aromatic heterocycles. The molecular formula is C6H8N2O2S. The number of nitrogens with two attached hydrogens (primary N) is 1. The molecule has 0 saturated heterocycles. The summed E-state index contributed by atoms with van der Waals surface area (Å²) < 4.78 is 0. The lowest BCUT2D eigenvalue weighted by Gasteiger charge is -1.97. The van der Waals surface area contributed by atoms with Gasteiger partial charge >= 0.3 is 5.97 Å². The molecule has 60 valence electrons. The highest BCUT2D eigenvalue weighted by Crippen LogP contribution is 2.21. The quantitative estimate of drug-likeness (QED) is 0.462. The fourth-order valence-corrected chi connectivity index (χ4v) is 1.57. The van der Waals surface area contributed by atoms with Gasteiger partial charge < -0.3 is 10.5 Å². The molecule has 0 bridgehead atoms. The number of aliphatic carboxylic acids is 1. The molecule has 0 unspecified atom stereocenters. The van der Waals surface area contributed by atoms with E-state index in [-0.39, 0.29) is 6.42 Å². The maximum Gasteiger partial charge on any atom is 0.308 e. The van der Waals surface area contributed by atoms with Gasteiger partial charge in [-0.05, 0) is 11.4 Å². The molecule has 11 heavy (non-hydrogen) atoms. The summed E-state index contributed by atoms with van der Waals surface area (Å²) >= 11 is 1.38. The number of hydrogen-bond acceptors (Lipinski definition) is 4. The van der Waals surface area contributed by atoms with Gasteiger partial charge in [-0.3, -0.25) is 10.6 Å². The highest BCUT2D eigenvalue weighted by molar-refractivity contribution is 7.10. The van der Waals surface area contributed by atoms with Crippen LogP contribution >= 0.6 is 11.3 Å². The fourth-order valence-electron chi connectivity index (χ4n) is 0.743. The predicted octanol–water partition coefficient (Wildman–Crippen LogP) is 0.661. The molecule has 0 saturated carbocycles. The zero-order valence-corrected chi connectivity index (χ0v) is 6.52.